The Morgan fingerprint density at radius 2 is 1.68 bits per heavy atom. The van der Waals surface area contributed by atoms with Crippen LogP contribution in [0.5, 0.6) is 11.6 Å². The second-order valence-electron chi connectivity index (χ2n) is 14.0. The minimum absolute atomic E-state index is 0.00507. The van der Waals surface area contributed by atoms with Crippen molar-refractivity contribution in [1.82, 2.24) is 30.6 Å². The Kier molecular flexibility index (Phi) is 13.8. The number of carbonyl (C=O) groups excluding carboxylic acids is 4. The van der Waals surface area contributed by atoms with E-state index in [2.05, 4.69) is 37.8 Å². The summed E-state index contributed by atoms with van der Waals surface area (Å²) in [6, 6.07) is 19.4. The molecule has 298 valence electrons. The fraction of sp³-hybridized carbons (Fsp3) is 0.268. The molecule has 4 aromatic rings. The number of benzene rings is 3. The zero-order chi connectivity index (χ0) is 41.0. The summed E-state index contributed by atoms with van der Waals surface area (Å²) in [7, 11) is -3.99. The van der Waals surface area contributed by atoms with Crippen molar-refractivity contribution < 1.29 is 37.1 Å². The number of unbranched alkanes of at least 4 members (excludes halogenated alkanes) is 1. The summed E-state index contributed by atoms with van der Waals surface area (Å²) in [5.74, 6) is -0.994. The van der Waals surface area contributed by atoms with E-state index in [1.54, 1.807) is 75.5 Å². The van der Waals surface area contributed by atoms with Gasteiger partial charge in [-0.1, -0.05) is 93.6 Å². The molecule has 0 aliphatic carbocycles. The number of alkyl carbamates (subject to hydrolysis) is 1. The van der Waals surface area contributed by atoms with Crippen molar-refractivity contribution in [3.63, 3.8) is 0 Å². The number of sulfonamides is 1. The molecule has 0 radical (unpaired) electrons. The summed E-state index contributed by atoms with van der Waals surface area (Å²) in [5, 5.41) is 10.7. The lowest BCUT2D eigenvalue weighted by molar-refractivity contribution is -0.118. The highest BCUT2D eigenvalue weighted by Crippen LogP contribution is 2.29. The molecule has 2 bridgehead atoms. The van der Waals surface area contributed by atoms with Gasteiger partial charge >= 0.3 is 12.1 Å². The Balaban J connectivity index is 1.49. The van der Waals surface area contributed by atoms with Gasteiger partial charge < -0.3 is 30.7 Å². The van der Waals surface area contributed by atoms with E-state index < -0.39 is 51.6 Å². The van der Waals surface area contributed by atoms with Gasteiger partial charge in [0.1, 0.15) is 18.0 Å². The van der Waals surface area contributed by atoms with Gasteiger partial charge in [0, 0.05) is 17.2 Å². The van der Waals surface area contributed by atoms with E-state index in [0.29, 0.717) is 35.5 Å². The van der Waals surface area contributed by atoms with Crippen molar-refractivity contribution in [2.45, 2.75) is 52.2 Å². The topological polar surface area (TPSA) is 207 Å². The van der Waals surface area contributed by atoms with Crippen molar-refractivity contribution >= 4 is 45.7 Å². The third-order valence-electron chi connectivity index (χ3n) is 8.50. The molecule has 0 spiro atoms. The number of aromatic nitrogens is 2. The average molecular weight is 796 g/mol. The molecule has 2 atom stereocenters. The number of para-hydroxylation sites is 1. The number of fused-ring (bicyclic) bond motifs is 12. The van der Waals surface area contributed by atoms with Crippen molar-refractivity contribution in [2.24, 2.45) is 5.41 Å². The van der Waals surface area contributed by atoms with Gasteiger partial charge in [0.2, 0.25) is 15.9 Å². The molecule has 15 nitrogen and oxygen atoms in total. The van der Waals surface area contributed by atoms with Crippen LogP contribution in [0, 0.1) is 5.41 Å². The number of carbonyl (C=O) groups is 4. The van der Waals surface area contributed by atoms with Gasteiger partial charge in [0.15, 0.2) is 5.82 Å². The first-order chi connectivity index (χ1) is 27.2. The third kappa shape index (κ3) is 12.0. The Morgan fingerprint density at radius 1 is 0.965 bits per heavy atom. The summed E-state index contributed by atoms with van der Waals surface area (Å²) in [5.41, 5.74) is 0.806. The molecular formula is C41H45N7O8S. The van der Waals surface area contributed by atoms with Gasteiger partial charge in [-0.15, -0.1) is 6.58 Å². The van der Waals surface area contributed by atoms with Gasteiger partial charge in [0.25, 0.3) is 11.8 Å². The number of ether oxygens (including phenoxy) is 2. The number of anilines is 1. The molecule has 1 aromatic heterocycles. The number of hydrogen-bond donors (Lipinski definition) is 5. The highest BCUT2D eigenvalue weighted by atomic mass is 32.2. The number of nitrogens with one attached hydrogen (secondary N) is 5. The lowest BCUT2D eigenvalue weighted by Crippen LogP contribution is -2.58. The van der Waals surface area contributed by atoms with Crippen LogP contribution in [0.1, 0.15) is 67.6 Å². The molecule has 16 heteroatoms. The Bertz CT molecular complexity index is 2220. The highest BCUT2D eigenvalue weighted by Gasteiger charge is 2.31. The van der Waals surface area contributed by atoms with Crippen LogP contribution in [0.2, 0.25) is 0 Å². The van der Waals surface area contributed by atoms with Gasteiger partial charge in [-0.05, 0) is 49.1 Å². The number of urea groups is 1. The third-order valence-corrected chi connectivity index (χ3v) is 9.82. The number of amides is 5. The van der Waals surface area contributed by atoms with Gasteiger partial charge in [-0.3, -0.25) is 9.59 Å². The SMILES string of the molecule is C=CCCCS(=O)(=O)NC(=O)c1ccccc1NC(=O)[C@@H]1NC(=O)N[C@@H](C(C)(C)C)NC(=O)OCC/C=C/c2cnc(-c3ccccc3)nc2Oc2ccc1cc2. The Morgan fingerprint density at radius 3 is 2.40 bits per heavy atom. The van der Waals surface area contributed by atoms with Gasteiger partial charge in [0.05, 0.1) is 29.2 Å². The van der Waals surface area contributed by atoms with Crippen LogP contribution >= 0.6 is 0 Å². The predicted octanol–water partition coefficient (Wildman–Crippen LogP) is 6.46. The second-order valence-corrected chi connectivity index (χ2v) is 15.9. The van der Waals surface area contributed by atoms with E-state index in [1.165, 1.54) is 18.2 Å². The predicted molar refractivity (Wildman–Crippen MR) is 216 cm³/mol. The van der Waals surface area contributed by atoms with E-state index >= 15 is 0 Å². The zero-order valence-corrected chi connectivity index (χ0v) is 32.6. The molecular weight excluding hydrogens is 751 g/mol. The second kappa shape index (κ2) is 18.9. The molecule has 2 aliphatic rings. The van der Waals surface area contributed by atoms with Crippen LogP contribution in [-0.2, 0) is 19.6 Å². The van der Waals surface area contributed by atoms with Crippen LogP contribution in [0.3, 0.4) is 0 Å². The van der Waals surface area contributed by atoms with Crippen molar-refractivity contribution in [3.8, 4) is 23.0 Å². The quantitative estimate of drug-likeness (QED) is 0.0924. The van der Waals surface area contributed by atoms with E-state index in [4.69, 9.17) is 9.47 Å². The van der Waals surface area contributed by atoms with E-state index in [1.807, 2.05) is 35.1 Å². The van der Waals surface area contributed by atoms with Crippen LogP contribution in [0.4, 0.5) is 15.3 Å². The summed E-state index contributed by atoms with van der Waals surface area (Å²) in [6.45, 7) is 8.99. The summed E-state index contributed by atoms with van der Waals surface area (Å²) < 4.78 is 38.9. The fourth-order valence-corrected chi connectivity index (χ4v) is 6.50. The van der Waals surface area contributed by atoms with Crippen LogP contribution in [0.15, 0.2) is 104 Å². The van der Waals surface area contributed by atoms with Crippen molar-refractivity contribution in [1.29, 1.82) is 0 Å². The summed E-state index contributed by atoms with van der Waals surface area (Å²) >= 11 is 0. The monoisotopic (exact) mass is 795 g/mol. The smallest absolute Gasteiger partial charge is 0.408 e. The molecule has 0 unspecified atom stereocenters. The maximum atomic E-state index is 14.1. The Labute approximate surface area is 331 Å². The van der Waals surface area contributed by atoms with E-state index in [9.17, 15) is 27.6 Å². The molecule has 0 saturated carbocycles. The maximum Gasteiger partial charge on any atom is 0.408 e. The molecule has 5 amide bonds. The molecule has 57 heavy (non-hydrogen) atoms. The average Bonchev–Trinajstić information content (AvgIpc) is 3.17. The summed E-state index contributed by atoms with van der Waals surface area (Å²) in [4.78, 5) is 62.9. The number of rotatable bonds is 9. The minimum atomic E-state index is -3.99. The van der Waals surface area contributed by atoms with E-state index in [0.717, 1.165) is 5.56 Å². The highest BCUT2D eigenvalue weighted by molar-refractivity contribution is 7.90. The summed E-state index contributed by atoms with van der Waals surface area (Å²) in [6.07, 6.45) is 6.10. The number of hydrogen-bond acceptors (Lipinski definition) is 10. The first-order valence-electron chi connectivity index (χ1n) is 18.1. The van der Waals surface area contributed by atoms with Gasteiger partial charge in [-0.2, -0.15) is 4.98 Å². The normalized spacial score (nSPS) is 17.0. The lowest BCUT2D eigenvalue weighted by Gasteiger charge is -2.32. The number of nitrogens with zero attached hydrogens (tertiary/aromatic N) is 2. The van der Waals surface area contributed by atoms with Crippen LogP contribution in [0.25, 0.3) is 17.5 Å². The molecule has 3 heterocycles. The molecule has 5 N–H and O–H groups in total. The van der Waals surface area contributed by atoms with E-state index in [-0.39, 0.29) is 35.9 Å². The first kappa shape index (κ1) is 41.6. The number of allylic oxidation sites excluding steroid dienone is 1. The van der Waals surface area contributed by atoms with Gasteiger partial charge in [-0.25, -0.2) is 27.7 Å². The van der Waals surface area contributed by atoms with Crippen molar-refractivity contribution in [2.75, 3.05) is 17.7 Å². The van der Waals surface area contributed by atoms with Crippen molar-refractivity contribution in [3.05, 3.63) is 120 Å². The Hall–Kier alpha value is -6.55. The molecule has 0 saturated heterocycles. The standard InChI is InChI=1S/C41H45N7O8S/c1-5-6-14-25-57(53,54)48-35(49)31-18-10-11-19-32(31)43-36(50)33-27-20-22-30(23-21-27)56-37-29(26-42-34(45-37)28-15-8-7-9-16-28)17-12-13-24-55-40(52)47-38(41(2,3)4)46-39(51)44-33/h5,7-12,15-23,26,33,38H,1,6,13-14,24-25H2,2-4H3,(H,43,50)(H,47,52)(H,48,49)(H2,44,46,51)/b17-12+/t33-,38-/m1/s1. The molecule has 2 aliphatic heterocycles. The lowest BCUT2D eigenvalue weighted by atomic mass is 9.92. The largest absolute Gasteiger partial charge is 0.449 e. The molecule has 6 rings (SSSR count). The minimum Gasteiger partial charge on any atom is -0.449 e. The first-order valence-corrected chi connectivity index (χ1v) is 19.8. The molecule has 0 fully saturated rings. The molecule has 3 aromatic carbocycles. The fourth-order valence-electron chi connectivity index (χ4n) is 5.46. The zero-order valence-electron chi connectivity index (χ0n) is 31.8. The van der Waals surface area contributed by atoms with Crippen LogP contribution in [-0.4, -0.2) is 60.8 Å². The maximum absolute atomic E-state index is 14.1. The van der Waals surface area contributed by atoms with Crippen LogP contribution < -0.4 is 30.7 Å².